The zero-order valence-electron chi connectivity index (χ0n) is 7.31. The maximum Gasteiger partial charge on any atom is 0.125 e. The molecule has 0 saturated heterocycles. The van der Waals surface area contributed by atoms with Gasteiger partial charge in [-0.15, -0.1) is 0 Å². The topological polar surface area (TPSA) is 28.7 Å². The number of halogens is 3. The number of hydrogen-bond acceptors (Lipinski definition) is 1. The van der Waals surface area contributed by atoms with Gasteiger partial charge in [0.25, 0.3) is 0 Å². The Bertz CT molecular complexity index is 481. The number of nitrogens with one attached hydrogen (secondary N) is 1. The van der Waals surface area contributed by atoms with Crippen molar-refractivity contribution in [2.75, 3.05) is 0 Å². The van der Waals surface area contributed by atoms with Crippen LogP contribution in [-0.4, -0.2) is 10.2 Å². The lowest BCUT2D eigenvalue weighted by Gasteiger charge is -2.03. The molecule has 14 heavy (non-hydrogen) atoms. The predicted octanol–water partition coefficient (Wildman–Crippen LogP) is 3.96. The van der Waals surface area contributed by atoms with Crippen molar-refractivity contribution in [2.45, 2.75) is 13.1 Å². The van der Waals surface area contributed by atoms with E-state index in [-0.39, 0.29) is 0 Å². The van der Waals surface area contributed by atoms with Crippen LogP contribution in [0.5, 0.6) is 0 Å². The average molecular weight is 369 g/mol. The first-order valence-corrected chi connectivity index (χ1v) is 5.94. The fourth-order valence-electron chi connectivity index (χ4n) is 1.38. The molecule has 0 saturated carbocycles. The Morgan fingerprint density at radius 1 is 1.57 bits per heavy atom. The highest BCUT2D eigenvalue weighted by Gasteiger charge is 2.13. The van der Waals surface area contributed by atoms with Gasteiger partial charge in [0.1, 0.15) is 9.87 Å². The summed E-state index contributed by atoms with van der Waals surface area (Å²) < 4.78 is 15.1. The number of aromatic amines is 1. The summed E-state index contributed by atoms with van der Waals surface area (Å²) in [5.41, 5.74) is 1.33. The number of alkyl halides is 1. The van der Waals surface area contributed by atoms with Crippen molar-refractivity contribution in [3.05, 3.63) is 25.9 Å². The van der Waals surface area contributed by atoms with Crippen LogP contribution in [0.4, 0.5) is 4.39 Å². The first-order valence-electron chi connectivity index (χ1n) is 4.06. The van der Waals surface area contributed by atoms with Crippen molar-refractivity contribution in [1.29, 1.82) is 0 Å². The second kappa shape index (κ2) is 3.77. The lowest BCUT2D eigenvalue weighted by Crippen LogP contribution is -1.88. The van der Waals surface area contributed by atoms with Crippen LogP contribution < -0.4 is 0 Å². The van der Waals surface area contributed by atoms with Crippen molar-refractivity contribution in [2.24, 2.45) is 0 Å². The minimum atomic E-state index is -1.01. The summed E-state index contributed by atoms with van der Waals surface area (Å²) in [5, 5.41) is 7.89. The first-order chi connectivity index (χ1) is 6.59. The highest BCUT2D eigenvalue weighted by Crippen LogP contribution is 2.30. The Labute approximate surface area is 103 Å². The Kier molecular flexibility index (Phi) is 2.79. The molecule has 1 aromatic carbocycles. The van der Waals surface area contributed by atoms with Crippen molar-refractivity contribution < 1.29 is 4.39 Å². The van der Waals surface area contributed by atoms with E-state index in [0.29, 0.717) is 11.1 Å². The third-order valence-electron chi connectivity index (χ3n) is 2.04. The molecule has 0 aliphatic rings. The van der Waals surface area contributed by atoms with Gasteiger partial charge >= 0.3 is 0 Å². The van der Waals surface area contributed by atoms with Gasteiger partial charge in [-0.25, -0.2) is 4.39 Å². The fourth-order valence-corrected chi connectivity index (χ4v) is 2.39. The lowest BCUT2D eigenvalue weighted by molar-refractivity contribution is 0.376. The standard InChI is InChI=1S/C9H7BrFIN2/c1-4(11)6-2-5(10)3-7-8(6)13-14-9(7)12/h2-4H,1H3,(H,13,14). The average Bonchev–Trinajstić information content (AvgIpc) is 2.47. The summed E-state index contributed by atoms with van der Waals surface area (Å²) in [6.45, 7) is 1.52. The molecule has 0 fully saturated rings. The number of aromatic nitrogens is 2. The molecule has 0 spiro atoms. The normalized spacial score (nSPS) is 13.4. The van der Waals surface area contributed by atoms with Crippen LogP contribution in [0.1, 0.15) is 18.7 Å². The quantitative estimate of drug-likeness (QED) is 0.758. The van der Waals surface area contributed by atoms with E-state index in [0.717, 1.165) is 13.6 Å². The van der Waals surface area contributed by atoms with E-state index in [1.807, 2.05) is 6.07 Å². The Morgan fingerprint density at radius 3 is 2.93 bits per heavy atom. The molecule has 5 heteroatoms. The van der Waals surface area contributed by atoms with Gasteiger partial charge in [-0.2, -0.15) is 5.10 Å². The van der Waals surface area contributed by atoms with Crippen LogP contribution in [0.15, 0.2) is 16.6 Å². The summed E-state index contributed by atoms with van der Waals surface area (Å²) in [5.74, 6) is 0. The second-order valence-electron chi connectivity index (χ2n) is 3.04. The molecule has 1 unspecified atom stereocenters. The summed E-state index contributed by atoms with van der Waals surface area (Å²) in [6.07, 6.45) is -1.01. The van der Waals surface area contributed by atoms with Crippen LogP contribution >= 0.6 is 38.5 Å². The second-order valence-corrected chi connectivity index (χ2v) is 5.04. The lowest BCUT2D eigenvalue weighted by atomic mass is 10.1. The van der Waals surface area contributed by atoms with Crippen molar-refractivity contribution in [3.8, 4) is 0 Å². The van der Waals surface area contributed by atoms with E-state index in [1.165, 1.54) is 6.92 Å². The summed E-state index contributed by atoms with van der Waals surface area (Å²) in [6, 6.07) is 3.70. The van der Waals surface area contributed by atoms with Gasteiger partial charge < -0.3 is 0 Å². The number of hydrogen-bond donors (Lipinski definition) is 1. The van der Waals surface area contributed by atoms with Gasteiger partial charge in [-0.1, -0.05) is 15.9 Å². The van der Waals surface area contributed by atoms with Gasteiger partial charge in [0.15, 0.2) is 0 Å². The minimum Gasteiger partial charge on any atom is -0.271 e. The molecule has 2 aromatic rings. The minimum absolute atomic E-state index is 0.619. The van der Waals surface area contributed by atoms with E-state index < -0.39 is 6.17 Å². The van der Waals surface area contributed by atoms with Crippen LogP contribution in [0.25, 0.3) is 10.9 Å². The molecule has 0 amide bonds. The number of H-pyrrole nitrogens is 1. The number of nitrogens with zero attached hydrogens (tertiary/aromatic N) is 1. The zero-order chi connectivity index (χ0) is 10.3. The highest BCUT2D eigenvalue weighted by molar-refractivity contribution is 14.1. The van der Waals surface area contributed by atoms with Crippen molar-refractivity contribution >= 4 is 49.4 Å². The third-order valence-corrected chi connectivity index (χ3v) is 3.32. The van der Waals surface area contributed by atoms with E-state index in [1.54, 1.807) is 6.07 Å². The SMILES string of the molecule is CC(F)c1cc(Br)cc2c(I)[nH]nc12. The van der Waals surface area contributed by atoms with Gasteiger partial charge in [-0.05, 0) is 41.6 Å². The zero-order valence-corrected chi connectivity index (χ0v) is 11.1. The molecule has 0 aliphatic heterocycles. The van der Waals surface area contributed by atoms with Crippen LogP contribution in [0.2, 0.25) is 0 Å². The fraction of sp³-hybridized carbons (Fsp3) is 0.222. The maximum atomic E-state index is 13.3. The first kappa shape index (κ1) is 10.4. The van der Waals surface area contributed by atoms with Crippen molar-refractivity contribution in [3.63, 3.8) is 0 Å². The van der Waals surface area contributed by atoms with Gasteiger partial charge in [0, 0.05) is 15.4 Å². The van der Waals surface area contributed by atoms with E-state index in [2.05, 4.69) is 48.7 Å². The summed E-state index contributed by atoms with van der Waals surface area (Å²) in [7, 11) is 0. The molecule has 0 aliphatic carbocycles. The smallest absolute Gasteiger partial charge is 0.125 e. The number of benzene rings is 1. The molecule has 1 N–H and O–H groups in total. The molecule has 1 atom stereocenters. The maximum absolute atomic E-state index is 13.3. The van der Waals surface area contributed by atoms with Gasteiger partial charge in [0.2, 0.25) is 0 Å². The molecule has 0 bridgehead atoms. The van der Waals surface area contributed by atoms with Gasteiger partial charge in [0.05, 0.1) is 5.52 Å². The number of fused-ring (bicyclic) bond motifs is 1. The molecule has 2 rings (SSSR count). The molecule has 2 nitrogen and oxygen atoms in total. The van der Waals surface area contributed by atoms with Gasteiger partial charge in [-0.3, -0.25) is 5.10 Å². The molecular weight excluding hydrogens is 362 g/mol. The van der Waals surface area contributed by atoms with Crippen LogP contribution in [-0.2, 0) is 0 Å². The van der Waals surface area contributed by atoms with Crippen LogP contribution in [0, 0.1) is 3.70 Å². The Morgan fingerprint density at radius 2 is 2.29 bits per heavy atom. The third kappa shape index (κ3) is 1.67. The molecule has 1 aromatic heterocycles. The predicted molar refractivity (Wildman–Crippen MR) is 66.0 cm³/mol. The summed E-state index contributed by atoms with van der Waals surface area (Å²) in [4.78, 5) is 0. The van der Waals surface area contributed by atoms with E-state index in [4.69, 9.17) is 0 Å². The Balaban J connectivity index is 2.82. The largest absolute Gasteiger partial charge is 0.271 e. The van der Waals surface area contributed by atoms with E-state index >= 15 is 0 Å². The summed E-state index contributed by atoms with van der Waals surface area (Å²) >= 11 is 5.51. The Hall–Kier alpha value is -0.170. The molecule has 1 heterocycles. The number of rotatable bonds is 1. The van der Waals surface area contributed by atoms with Crippen LogP contribution in [0.3, 0.4) is 0 Å². The van der Waals surface area contributed by atoms with Crippen molar-refractivity contribution in [1.82, 2.24) is 10.2 Å². The van der Waals surface area contributed by atoms with E-state index in [9.17, 15) is 4.39 Å². The molecule has 0 radical (unpaired) electrons. The molecule has 74 valence electrons. The molecular formula is C9H7BrFIN2. The highest BCUT2D eigenvalue weighted by atomic mass is 127. The monoisotopic (exact) mass is 368 g/mol.